The van der Waals surface area contributed by atoms with Gasteiger partial charge in [-0.25, -0.2) is 0 Å². The van der Waals surface area contributed by atoms with Crippen molar-refractivity contribution >= 4 is 0 Å². The highest BCUT2D eigenvalue weighted by Gasteiger charge is 1.87. The van der Waals surface area contributed by atoms with Crippen molar-refractivity contribution in [2.24, 2.45) is 0 Å². The predicted molar refractivity (Wildman–Crippen MR) is 47.6 cm³/mol. The third kappa shape index (κ3) is 9.89. The first kappa shape index (κ1) is 10.9. The SMILES string of the molecule is CCCCCCNCCCF. The van der Waals surface area contributed by atoms with Crippen LogP contribution in [0.1, 0.15) is 39.0 Å². The van der Waals surface area contributed by atoms with E-state index in [4.69, 9.17) is 0 Å². The van der Waals surface area contributed by atoms with Crippen LogP contribution < -0.4 is 5.32 Å². The Bertz CT molecular complexity index is 58.6. The fourth-order valence-electron chi connectivity index (χ4n) is 0.994. The number of unbranched alkanes of at least 4 members (excludes halogenated alkanes) is 3. The fourth-order valence-corrected chi connectivity index (χ4v) is 0.994. The predicted octanol–water partition coefficient (Wildman–Crippen LogP) is 2.52. The molecule has 0 spiro atoms. The summed E-state index contributed by atoms with van der Waals surface area (Å²) in [6.45, 7) is 3.90. The first-order valence-corrected chi connectivity index (χ1v) is 4.68. The maximum Gasteiger partial charge on any atom is 0.0906 e. The molecule has 0 fully saturated rings. The lowest BCUT2D eigenvalue weighted by atomic mass is 10.2. The normalized spacial score (nSPS) is 10.4. The van der Waals surface area contributed by atoms with Gasteiger partial charge < -0.3 is 5.32 Å². The van der Waals surface area contributed by atoms with E-state index in [9.17, 15) is 4.39 Å². The molecule has 0 aliphatic heterocycles. The molecule has 0 bridgehead atoms. The monoisotopic (exact) mass is 161 g/mol. The lowest BCUT2D eigenvalue weighted by molar-refractivity contribution is 0.457. The number of hydrogen-bond donors (Lipinski definition) is 1. The highest BCUT2D eigenvalue weighted by molar-refractivity contribution is 4.48. The largest absolute Gasteiger partial charge is 0.317 e. The summed E-state index contributed by atoms with van der Waals surface area (Å²) < 4.78 is 11.6. The van der Waals surface area contributed by atoms with Crippen LogP contribution in [-0.4, -0.2) is 19.8 Å². The van der Waals surface area contributed by atoms with Gasteiger partial charge in [-0.3, -0.25) is 4.39 Å². The molecule has 0 saturated carbocycles. The van der Waals surface area contributed by atoms with E-state index in [0.29, 0.717) is 6.42 Å². The molecule has 0 aromatic rings. The van der Waals surface area contributed by atoms with Crippen molar-refractivity contribution in [1.82, 2.24) is 5.32 Å². The number of nitrogens with one attached hydrogen (secondary N) is 1. The standard InChI is InChI=1S/C9H20FN/c1-2-3-4-5-8-11-9-6-7-10/h11H,2-9H2,1H3. The maximum absolute atomic E-state index is 11.6. The van der Waals surface area contributed by atoms with Crippen molar-refractivity contribution in [2.45, 2.75) is 39.0 Å². The first-order valence-electron chi connectivity index (χ1n) is 4.68. The van der Waals surface area contributed by atoms with Crippen LogP contribution in [0.2, 0.25) is 0 Å². The smallest absolute Gasteiger partial charge is 0.0906 e. The molecule has 68 valence electrons. The van der Waals surface area contributed by atoms with Crippen molar-refractivity contribution in [3.63, 3.8) is 0 Å². The van der Waals surface area contributed by atoms with E-state index in [1.807, 2.05) is 0 Å². The van der Waals surface area contributed by atoms with Gasteiger partial charge in [-0.2, -0.15) is 0 Å². The van der Waals surface area contributed by atoms with Crippen molar-refractivity contribution in [3.05, 3.63) is 0 Å². The molecule has 0 aromatic carbocycles. The van der Waals surface area contributed by atoms with Gasteiger partial charge in [0.1, 0.15) is 0 Å². The molecule has 0 saturated heterocycles. The lowest BCUT2D eigenvalue weighted by Gasteiger charge is -2.01. The number of alkyl halides is 1. The second kappa shape index (κ2) is 9.89. The second-order valence-corrected chi connectivity index (χ2v) is 2.85. The van der Waals surface area contributed by atoms with Gasteiger partial charge in [-0.15, -0.1) is 0 Å². The molecule has 0 heterocycles. The maximum atomic E-state index is 11.6. The van der Waals surface area contributed by atoms with Crippen LogP contribution in [0.5, 0.6) is 0 Å². The van der Waals surface area contributed by atoms with Crippen molar-refractivity contribution < 1.29 is 4.39 Å². The number of rotatable bonds is 8. The Hall–Kier alpha value is -0.110. The van der Waals surface area contributed by atoms with Gasteiger partial charge >= 0.3 is 0 Å². The molecule has 0 aromatic heterocycles. The van der Waals surface area contributed by atoms with E-state index >= 15 is 0 Å². The van der Waals surface area contributed by atoms with Gasteiger partial charge in [0.05, 0.1) is 6.67 Å². The molecule has 1 nitrogen and oxygen atoms in total. The van der Waals surface area contributed by atoms with E-state index in [1.165, 1.54) is 25.7 Å². The highest BCUT2D eigenvalue weighted by atomic mass is 19.1. The molecule has 0 unspecified atom stereocenters. The molecule has 11 heavy (non-hydrogen) atoms. The summed E-state index contributed by atoms with van der Waals surface area (Å²) >= 11 is 0. The zero-order valence-electron chi connectivity index (χ0n) is 7.53. The van der Waals surface area contributed by atoms with E-state index in [-0.39, 0.29) is 6.67 Å². The summed E-state index contributed by atoms with van der Waals surface area (Å²) in [7, 11) is 0. The molecule has 0 radical (unpaired) electrons. The average Bonchev–Trinajstić information content (AvgIpc) is 2.03. The van der Waals surface area contributed by atoms with Gasteiger partial charge in [0, 0.05) is 0 Å². The molecule has 0 rings (SSSR count). The fraction of sp³-hybridized carbons (Fsp3) is 1.00. The third-order valence-electron chi connectivity index (χ3n) is 1.69. The molecular formula is C9H20FN. The van der Waals surface area contributed by atoms with E-state index in [0.717, 1.165) is 13.1 Å². The van der Waals surface area contributed by atoms with Crippen LogP contribution in [0.25, 0.3) is 0 Å². The number of hydrogen-bond acceptors (Lipinski definition) is 1. The highest BCUT2D eigenvalue weighted by Crippen LogP contribution is 1.96. The molecule has 1 N–H and O–H groups in total. The molecule has 0 amide bonds. The van der Waals surface area contributed by atoms with Crippen LogP contribution in [0, 0.1) is 0 Å². The van der Waals surface area contributed by atoms with Crippen LogP contribution in [0.15, 0.2) is 0 Å². The Kier molecular flexibility index (Phi) is 9.79. The van der Waals surface area contributed by atoms with Gasteiger partial charge in [-0.05, 0) is 25.9 Å². The lowest BCUT2D eigenvalue weighted by Crippen LogP contribution is -2.16. The van der Waals surface area contributed by atoms with Gasteiger partial charge in [-0.1, -0.05) is 26.2 Å². The average molecular weight is 161 g/mol. The van der Waals surface area contributed by atoms with Crippen molar-refractivity contribution in [2.75, 3.05) is 19.8 Å². The van der Waals surface area contributed by atoms with Crippen molar-refractivity contribution in [3.8, 4) is 0 Å². The Balaban J connectivity index is 2.69. The molecule has 0 aliphatic rings. The Morgan fingerprint density at radius 2 is 1.73 bits per heavy atom. The van der Waals surface area contributed by atoms with Crippen LogP contribution in [0.4, 0.5) is 4.39 Å². The molecule has 0 atom stereocenters. The van der Waals surface area contributed by atoms with Gasteiger partial charge in [0.25, 0.3) is 0 Å². The number of halogens is 1. The zero-order chi connectivity index (χ0) is 8.36. The summed E-state index contributed by atoms with van der Waals surface area (Å²) in [6, 6.07) is 0. The van der Waals surface area contributed by atoms with Gasteiger partial charge in [0.2, 0.25) is 0 Å². The summed E-state index contributed by atoms with van der Waals surface area (Å²) in [4.78, 5) is 0. The Labute approximate surface area is 69.4 Å². The quantitative estimate of drug-likeness (QED) is 0.539. The summed E-state index contributed by atoms with van der Waals surface area (Å²) in [5, 5.41) is 3.21. The van der Waals surface area contributed by atoms with Gasteiger partial charge in [0.15, 0.2) is 0 Å². The Morgan fingerprint density at radius 3 is 2.36 bits per heavy atom. The van der Waals surface area contributed by atoms with E-state index in [1.54, 1.807) is 0 Å². The van der Waals surface area contributed by atoms with Crippen LogP contribution >= 0.6 is 0 Å². The Morgan fingerprint density at radius 1 is 1.00 bits per heavy atom. The summed E-state index contributed by atoms with van der Waals surface area (Å²) in [6.07, 6.45) is 5.81. The van der Waals surface area contributed by atoms with E-state index in [2.05, 4.69) is 12.2 Å². The minimum absolute atomic E-state index is 0.192. The minimum atomic E-state index is -0.192. The van der Waals surface area contributed by atoms with Crippen LogP contribution in [0.3, 0.4) is 0 Å². The van der Waals surface area contributed by atoms with Crippen molar-refractivity contribution in [1.29, 1.82) is 0 Å². The molecular weight excluding hydrogens is 141 g/mol. The first-order chi connectivity index (χ1) is 5.41. The zero-order valence-corrected chi connectivity index (χ0v) is 7.53. The van der Waals surface area contributed by atoms with E-state index < -0.39 is 0 Å². The minimum Gasteiger partial charge on any atom is -0.317 e. The van der Waals surface area contributed by atoms with Crippen LogP contribution in [-0.2, 0) is 0 Å². The summed E-state index contributed by atoms with van der Waals surface area (Å²) in [5.74, 6) is 0. The summed E-state index contributed by atoms with van der Waals surface area (Å²) in [5.41, 5.74) is 0. The molecule has 2 heteroatoms. The third-order valence-corrected chi connectivity index (χ3v) is 1.69. The second-order valence-electron chi connectivity index (χ2n) is 2.85. The topological polar surface area (TPSA) is 12.0 Å². The molecule has 0 aliphatic carbocycles.